The average molecular weight is 1330 g/mol. The summed E-state index contributed by atoms with van der Waals surface area (Å²) in [4.78, 5) is 0. The van der Waals surface area contributed by atoms with E-state index in [0.29, 0.717) is 29.2 Å². The lowest BCUT2D eigenvalue weighted by molar-refractivity contribution is 0.871. The van der Waals surface area contributed by atoms with Gasteiger partial charge in [0.25, 0.3) is 0 Å². The number of benzene rings is 2. The molecule has 0 aliphatic carbocycles. The minimum absolute atomic E-state index is 0.305. The van der Waals surface area contributed by atoms with Crippen molar-refractivity contribution < 1.29 is 3.98 Å². The van der Waals surface area contributed by atoms with Crippen LogP contribution in [0.4, 0.5) is 0 Å². The third-order valence-corrected chi connectivity index (χ3v) is 104. The summed E-state index contributed by atoms with van der Waals surface area (Å²) in [5.74, 6) is 0. The average Bonchev–Trinajstić information content (AvgIpc) is 3.79. The van der Waals surface area contributed by atoms with E-state index in [1.54, 1.807) is 0 Å². The van der Waals surface area contributed by atoms with Gasteiger partial charge in [-0.15, -0.1) is 0 Å². The zero-order valence-electron chi connectivity index (χ0n) is 59.9. The van der Waals surface area contributed by atoms with Crippen molar-refractivity contribution in [1.29, 1.82) is 0 Å². The zero-order valence-corrected chi connectivity index (χ0v) is 75.7. The van der Waals surface area contributed by atoms with Crippen LogP contribution in [-0.4, -0.2) is 113 Å². The van der Waals surface area contributed by atoms with Gasteiger partial charge in [-0.25, -0.2) is 0 Å². The molecule has 77 heavy (non-hydrogen) atoms. The molecule has 0 bridgehead atoms. The Morgan fingerprint density at radius 3 is 0.481 bits per heavy atom. The molecule has 1 nitrogen and oxygen atoms in total. The summed E-state index contributed by atoms with van der Waals surface area (Å²) < 4.78 is 8.92. The standard InChI is InChI=1S/C60H134OP2Si14/c1-64(2,3)55(65(4,5)6)49-43-47(59(72(25,26)27,73(28,29)30)74(31,32)33)44-50(56(66(7,8)9)67(10,11)12)53(49)62-61-63(62)54-51(57(68(13,14)15)69(16,17)18)45-48(46-52(54)58(70(19,20)21)71(22,23)24)60(75(34,35)36,76(37,38)39)77(40,41)42/h43-46,55-58H,1-42H3. The maximum absolute atomic E-state index is 8.31. The van der Waals surface area contributed by atoms with Crippen molar-refractivity contribution in [3.8, 4) is 10.6 Å². The molecule has 0 saturated carbocycles. The third kappa shape index (κ3) is 14.2. The lowest BCUT2D eigenvalue weighted by Crippen LogP contribution is -2.74. The predicted molar refractivity (Wildman–Crippen MR) is 408 cm³/mol. The highest BCUT2D eigenvalue weighted by atomic mass is 31.9. The molecule has 446 valence electrons. The van der Waals surface area contributed by atoms with Crippen LogP contribution in [0.25, 0.3) is 10.6 Å². The largest absolute Gasteiger partial charge is 0.421 e. The highest BCUT2D eigenvalue weighted by Crippen LogP contribution is 2.79. The van der Waals surface area contributed by atoms with Crippen molar-refractivity contribution in [3.63, 3.8) is 0 Å². The summed E-state index contributed by atoms with van der Waals surface area (Å²) in [6, 6.07) is 12.3. The molecule has 2 unspecified atom stereocenters. The first-order chi connectivity index (χ1) is 33.1. The van der Waals surface area contributed by atoms with Crippen molar-refractivity contribution in [1.82, 2.24) is 0 Å². The van der Waals surface area contributed by atoms with Gasteiger partial charge in [0, 0.05) is 124 Å². The summed E-state index contributed by atoms with van der Waals surface area (Å²) in [6.07, 6.45) is 0. The Hall–Kier alpha value is 1.88. The molecule has 0 amide bonds. The van der Waals surface area contributed by atoms with Crippen molar-refractivity contribution in [2.75, 3.05) is 0 Å². The van der Waals surface area contributed by atoms with Gasteiger partial charge in [0.2, 0.25) is 0 Å². The molecular formula is C60H134OP2Si14. The topological polar surface area (TPSA) is 13.1 Å². The van der Waals surface area contributed by atoms with E-state index >= 15 is 0 Å². The SMILES string of the molecule is C[Si](C)(C)C(c1cc(C([Si](C)(C)C)([Si](C)(C)C)[Si](C)(C)C)cc(C([Si](C)(C)C)[Si](C)(C)C)c1-p1op1-c1c(C([Si](C)(C)C)[Si](C)(C)C)cc(C([Si](C)(C)C)([Si](C)(C)C)[Si](C)(C)C)cc1C([Si](C)(C)C)[Si](C)(C)C)[Si](C)(C)C. The Balaban J connectivity index is 3.27. The van der Waals surface area contributed by atoms with Crippen LogP contribution in [0.15, 0.2) is 28.2 Å². The van der Waals surface area contributed by atoms with E-state index in [2.05, 4.69) is 299 Å². The molecule has 0 N–H and O–H groups in total. The molecule has 0 fully saturated rings. The van der Waals surface area contributed by atoms with E-state index in [-0.39, 0.29) is 0 Å². The van der Waals surface area contributed by atoms with E-state index in [4.69, 9.17) is 3.98 Å². The van der Waals surface area contributed by atoms with Crippen LogP contribution in [0, 0.1) is 0 Å². The molecule has 0 aliphatic rings. The van der Waals surface area contributed by atoms with E-state index in [0.717, 1.165) is 0 Å². The molecule has 3 rings (SSSR count). The van der Waals surface area contributed by atoms with Crippen LogP contribution in [-0.2, 0) is 8.57 Å². The number of hydrogen-bond donors (Lipinski definition) is 0. The van der Waals surface area contributed by atoms with Crippen molar-refractivity contribution in [3.05, 3.63) is 57.6 Å². The molecule has 0 aliphatic heterocycles. The Morgan fingerprint density at radius 1 is 0.247 bits per heavy atom. The molecule has 3 aromatic rings. The lowest BCUT2D eigenvalue weighted by Gasteiger charge is -2.60. The Bertz CT molecular complexity index is 2130. The molecule has 0 spiro atoms. The van der Waals surface area contributed by atoms with Gasteiger partial charge in [0.05, 0.1) is 0 Å². The monoisotopic (exact) mass is 1320 g/mol. The minimum Gasteiger partial charge on any atom is -0.421 e. The molecular weight excluding hydrogens is 1190 g/mol. The van der Waals surface area contributed by atoms with Crippen molar-refractivity contribution in [2.24, 2.45) is 0 Å². The van der Waals surface area contributed by atoms with Crippen LogP contribution >= 0.6 is 14.9 Å². The lowest BCUT2D eigenvalue weighted by atomic mass is 10.1. The van der Waals surface area contributed by atoms with Gasteiger partial charge in [0.15, 0.2) is 0 Å². The second-order valence-electron chi connectivity index (χ2n) is 40.3. The van der Waals surface area contributed by atoms with Gasteiger partial charge in [0.1, 0.15) is 14.9 Å². The molecule has 2 aromatic carbocycles. The summed E-state index contributed by atoms with van der Waals surface area (Å²) in [6.45, 7) is 117. The Morgan fingerprint density at radius 2 is 0.377 bits per heavy atom. The van der Waals surface area contributed by atoms with Crippen LogP contribution in [0.5, 0.6) is 0 Å². The van der Waals surface area contributed by atoms with Gasteiger partial charge >= 0.3 is 0 Å². The summed E-state index contributed by atoms with van der Waals surface area (Å²) in [5.41, 5.74) is 11.0. The maximum Gasteiger partial charge on any atom is 0.138 e. The molecule has 17 heteroatoms. The summed E-state index contributed by atoms with van der Waals surface area (Å²) in [5, 5.41) is 6.26. The minimum atomic E-state index is -1.85. The van der Waals surface area contributed by atoms with Crippen molar-refractivity contribution >= 4 is 128 Å². The van der Waals surface area contributed by atoms with Crippen LogP contribution < -0.4 is 0 Å². The van der Waals surface area contributed by atoms with Gasteiger partial charge in [-0.2, -0.15) is 0 Å². The van der Waals surface area contributed by atoms with E-state index in [9.17, 15) is 0 Å². The van der Waals surface area contributed by atoms with E-state index < -0.39 is 128 Å². The highest BCUT2D eigenvalue weighted by Gasteiger charge is 2.63. The summed E-state index contributed by atoms with van der Waals surface area (Å²) >= 11 is 0. The van der Waals surface area contributed by atoms with Gasteiger partial charge < -0.3 is 3.98 Å². The van der Waals surface area contributed by atoms with Gasteiger partial charge in [-0.1, -0.05) is 299 Å². The second-order valence-corrected chi connectivity index (χ2v) is 124. The first kappa shape index (κ1) is 73.1. The molecule has 1 aromatic heterocycles. The third-order valence-electron chi connectivity index (χ3n) is 18.8. The molecule has 2 atom stereocenters. The molecule has 1 heterocycles. The fraction of sp³-hybridized carbons (Fsp3) is 0.800. The van der Waals surface area contributed by atoms with E-state index in [1.165, 1.54) is 0 Å². The quantitative estimate of drug-likeness (QED) is 0.0914. The fourth-order valence-corrected chi connectivity index (χ4v) is 140. The first-order valence-electron chi connectivity index (χ1n) is 30.8. The zero-order chi connectivity index (χ0) is 61.6. The van der Waals surface area contributed by atoms with Crippen LogP contribution in [0.2, 0.25) is 275 Å². The molecule has 0 saturated heterocycles. The maximum atomic E-state index is 8.31. The van der Waals surface area contributed by atoms with E-state index in [1.807, 2.05) is 44.0 Å². The second kappa shape index (κ2) is 21.9. The predicted octanol–water partition coefficient (Wildman–Crippen LogP) is 24.3. The fourth-order valence-electron chi connectivity index (χ4n) is 21.7. The van der Waals surface area contributed by atoms with Crippen LogP contribution in [0.3, 0.4) is 0 Å². The highest BCUT2D eigenvalue weighted by molar-refractivity contribution is 8.18. The molecule has 0 radical (unpaired) electrons. The number of rotatable bonds is 22. The van der Waals surface area contributed by atoms with Crippen LogP contribution in [0.1, 0.15) is 54.0 Å². The summed E-state index contributed by atoms with van der Waals surface area (Å²) in [7, 11) is -27.3. The number of hydrogen-bond acceptors (Lipinski definition) is 1. The van der Waals surface area contributed by atoms with Gasteiger partial charge in [-0.3, -0.25) is 0 Å². The van der Waals surface area contributed by atoms with Gasteiger partial charge in [-0.05, 0) is 62.6 Å². The first-order valence-corrected chi connectivity index (χ1v) is 83.6. The Kier molecular flexibility index (Phi) is 20.8. The Labute approximate surface area is 499 Å². The van der Waals surface area contributed by atoms with Crippen molar-refractivity contribution in [2.45, 2.75) is 304 Å². The normalized spacial score (nSPS) is 16.3. The smallest absolute Gasteiger partial charge is 0.138 e.